The van der Waals surface area contributed by atoms with Gasteiger partial charge in [0.05, 0.1) is 12.6 Å². The van der Waals surface area contributed by atoms with E-state index >= 15 is 0 Å². The molecule has 0 saturated carbocycles. The van der Waals surface area contributed by atoms with Crippen LogP contribution in [0, 0.1) is 5.82 Å². The second-order valence-corrected chi connectivity index (χ2v) is 8.05. The van der Waals surface area contributed by atoms with E-state index in [-0.39, 0.29) is 41.9 Å². The Labute approximate surface area is 195 Å². The van der Waals surface area contributed by atoms with Crippen molar-refractivity contribution in [1.82, 2.24) is 15.5 Å². The Bertz CT molecular complexity index is 694. The molecule has 0 aliphatic carbocycles. The van der Waals surface area contributed by atoms with Crippen molar-refractivity contribution >= 4 is 36.0 Å². The van der Waals surface area contributed by atoms with Crippen molar-refractivity contribution in [3.05, 3.63) is 35.6 Å². The van der Waals surface area contributed by atoms with E-state index in [9.17, 15) is 9.18 Å². The number of hydrogen-bond donors (Lipinski definition) is 2. The van der Waals surface area contributed by atoms with Gasteiger partial charge in [-0.25, -0.2) is 9.18 Å². The fraction of sp³-hybridized carbons (Fsp3) is 0.619. The number of ether oxygens (including phenoxy) is 2. The standard InChI is InChI=1S/C21H33FN4O3.HI/c1-6-23-19(24-13-18(28-5)15-7-9-16(22)10-8-15)26-12-11-17(14-26)25-20(27)29-21(2,3)4;/h7-10,17-18H,6,11-14H2,1-5H3,(H,23,24)(H,25,27);1H. The van der Waals surface area contributed by atoms with Crippen LogP contribution in [0.25, 0.3) is 0 Å². The van der Waals surface area contributed by atoms with E-state index in [0.717, 1.165) is 31.0 Å². The summed E-state index contributed by atoms with van der Waals surface area (Å²) < 4.78 is 24.0. The number of benzene rings is 1. The summed E-state index contributed by atoms with van der Waals surface area (Å²) in [5.74, 6) is 0.492. The van der Waals surface area contributed by atoms with E-state index in [1.807, 2.05) is 27.7 Å². The smallest absolute Gasteiger partial charge is 0.407 e. The first-order chi connectivity index (χ1) is 13.7. The van der Waals surface area contributed by atoms with Gasteiger partial charge in [-0.05, 0) is 51.8 Å². The van der Waals surface area contributed by atoms with E-state index < -0.39 is 11.7 Å². The molecule has 0 bridgehead atoms. The minimum Gasteiger partial charge on any atom is -0.444 e. The van der Waals surface area contributed by atoms with Gasteiger partial charge in [-0.15, -0.1) is 24.0 Å². The third-order valence-corrected chi connectivity index (χ3v) is 4.48. The fourth-order valence-corrected chi connectivity index (χ4v) is 3.13. The van der Waals surface area contributed by atoms with Crippen molar-refractivity contribution in [3.8, 4) is 0 Å². The van der Waals surface area contributed by atoms with E-state index in [0.29, 0.717) is 13.1 Å². The number of aliphatic imine (C=N–C) groups is 1. The highest BCUT2D eigenvalue weighted by Crippen LogP contribution is 2.18. The molecule has 1 aromatic carbocycles. The number of guanidine groups is 1. The molecule has 0 radical (unpaired) electrons. The highest BCUT2D eigenvalue weighted by Gasteiger charge is 2.28. The number of rotatable bonds is 6. The molecule has 1 saturated heterocycles. The van der Waals surface area contributed by atoms with E-state index in [1.165, 1.54) is 12.1 Å². The molecule has 0 aromatic heterocycles. The maximum Gasteiger partial charge on any atom is 0.407 e. The highest BCUT2D eigenvalue weighted by atomic mass is 127. The fourth-order valence-electron chi connectivity index (χ4n) is 3.13. The molecule has 30 heavy (non-hydrogen) atoms. The molecule has 2 atom stereocenters. The molecule has 2 unspecified atom stereocenters. The van der Waals surface area contributed by atoms with Crippen LogP contribution in [0.5, 0.6) is 0 Å². The summed E-state index contributed by atoms with van der Waals surface area (Å²) in [6.07, 6.45) is 0.152. The van der Waals surface area contributed by atoms with Gasteiger partial charge in [0, 0.05) is 26.7 Å². The van der Waals surface area contributed by atoms with Gasteiger partial charge in [0.15, 0.2) is 5.96 Å². The second-order valence-electron chi connectivity index (χ2n) is 8.05. The van der Waals surface area contributed by atoms with Gasteiger partial charge in [-0.3, -0.25) is 4.99 Å². The molecule has 1 fully saturated rings. The van der Waals surface area contributed by atoms with Crippen LogP contribution in [-0.2, 0) is 9.47 Å². The van der Waals surface area contributed by atoms with Gasteiger partial charge >= 0.3 is 6.09 Å². The number of alkyl carbamates (subject to hydrolysis) is 1. The summed E-state index contributed by atoms with van der Waals surface area (Å²) in [4.78, 5) is 18.8. The molecule has 1 aliphatic heterocycles. The molecule has 9 heteroatoms. The van der Waals surface area contributed by atoms with Gasteiger partial charge in [0.25, 0.3) is 0 Å². The lowest BCUT2D eigenvalue weighted by atomic mass is 10.1. The summed E-state index contributed by atoms with van der Waals surface area (Å²) in [7, 11) is 1.62. The van der Waals surface area contributed by atoms with Gasteiger partial charge < -0.3 is 25.0 Å². The number of likely N-dealkylation sites (tertiary alicyclic amines) is 1. The highest BCUT2D eigenvalue weighted by molar-refractivity contribution is 14.0. The first kappa shape index (κ1) is 26.4. The van der Waals surface area contributed by atoms with Crippen LogP contribution in [0.15, 0.2) is 29.3 Å². The van der Waals surface area contributed by atoms with Crippen molar-refractivity contribution in [2.45, 2.75) is 51.9 Å². The van der Waals surface area contributed by atoms with Gasteiger partial charge in [-0.2, -0.15) is 0 Å². The first-order valence-corrected chi connectivity index (χ1v) is 10.0. The minimum absolute atomic E-state index is 0. The van der Waals surface area contributed by atoms with Crippen LogP contribution in [0.3, 0.4) is 0 Å². The SMILES string of the molecule is CCNC(=NCC(OC)c1ccc(F)cc1)N1CCC(NC(=O)OC(C)(C)C)C1.I. The number of carbonyl (C=O) groups excluding carboxylic acids is 1. The van der Waals surface area contributed by atoms with Crippen LogP contribution < -0.4 is 10.6 Å². The van der Waals surface area contributed by atoms with Crippen molar-refractivity contribution < 1.29 is 18.7 Å². The summed E-state index contributed by atoms with van der Waals surface area (Å²) in [5.41, 5.74) is 0.355. The Morgan fingerprint density at radius 3 is 2.57 bits per heavy atom. The Morgan fingerprint density at radius 2 is 2.00 bits per heavy atom. The van der Waals surface area contributed by atoms with Gasteiger partial charge in [0.1, 0.15) is 17.5 Å². The van der Waals surface area contributed by atoms with Crippen LogP contribution >= 0.6 is 24.0 Å². The maximum absolute atomic E-state index is 13.2. The van der Waals surface area contributed by atoms with Crippen LogP contribution in [0.2, 0.25) is 0 Å². The summed E-state index contributed by atoms with van der Waals surface area (Å²) in [6.45, 7) is 10.1. The molecular weight excluding hydrogens is 502 g/mol. The molecule has 0 spiro atoms. The Balaban J connectivity index is 0.00000450. The molecule has 1 aromatic rings. The topological polar surface area (TPSA) is 75.2 Å². The zero-order chi connectivity index (χ0) is 21.4. The average molecular weight is 536 g/mol. The number of nitrogens with zero attached hydrogens (tertiary/aromatic N) is 2. The predicted molar refractivity (Wildman–Crippen MR) is 127 cm³/mol. The van der Waals surface area contributed by atoms with Crippen molar-refractivity contribution in [3.63, 3.8) is 0 Å². The first-order valence-electron chi connectivity index (χ1n) is 10.0. The van der Waals surface area contributed by atoms with Crippen LogP contribution in [0.4, 0.5) is 9.18 Å². The predicted octanol–water partition coefficient (Wildman–Crippen LogP) is 3.70. The second kappa shape index (κ2) is 12.3. The quantitative estimate of drug-likeness (QED) is 0.330. The number of amides is 1. The number of methoxy groups -OCH3 is 1. The monoisotopic (exact) mass is 536 g/mol. The lowest BCUT2D eigenvalue weighted by Crippen LogP contribution is -2.44. The van der Waals surface area contributed by atoms with Crippen molar-refractivity contribution in [2.24, 2.45) is 4.99 Å². The van der Waals surface area contributed by atoms with E-state index in [2.05, 4.69) is 15.5 Å². The number of hydrogen-bond acceptors (Lipinski definition) is 4. The lowest BCUT2D eigenvalue weighted by molar-refractivity contribution is 0.0507. The molecular formula is C21H34FIN4O3. The number of carbonyl (C=O) groups is 1. The molecule has 1 aliphatic rings. The molecule has 170 valence electrons. The van der Waals surface area contributed by atoms with Crippen molar-refractivity contribution in [1.29, 1.82) is 0 Å². The van der Waals surface area contributed by atoms with E-state index in [4.69, 9.17) is 14.5 Å². The van der Waals surface area contributed by atoms with Crippen LogP contribution in [-0.4, -0.2) is 61.9 Å². The Morgan fingerprint density at radius 1 is 1.33 bits per heavy atom. The third kappa shape index (κ3) is 8.63. The summed E-state index contributed by atoms with van der Waals surface area (Å²) >= 11 is 0. The zero-order valence-corrected chi connectivity index (χ0v) is 20.7. The number of halogens is 2. The third-order valence-electron chi connectivity index (χ3n) is 4.48. The molecule has 7 nitrogen and oxygen atoms in total. The Hall–Kier alpha value is -1.62. The average Bonchev–Trinajstić information content (AvgIpc) is 3.09. The summed E-state index contributed by atoms with van der Waals surface area (Å²) in [5, 5.41) is 6.22. The largest absolute Gasteiger partial charge is 0.444 e. The lowest BCUT2D eigenvalue weighted by Gasteiger charge is -2.24. The van der Waals surface area contributed by atoms with Crippen LogP contribution in [0.1, 0.15) is 45.8 Å². The Kier molecular flexibility index (Phi) is 10.8. The summed E-state index contributed by atoms with van der Waals surface area (Å²) in [6, 6.07) is 6.27. The molecule has 1 amide bonds. The van der Waals surface area contributed by atoms with E-state index in [1.54, 1.807) is 19.2 Å². The van der Waals surface area contributed by atoms with Gasteiger partial charge in [0.2, 0.25) is 0 Å². The number of nitrogens with one attached hydrogen (secondary N) is 2. The molecule has 2 N–H and O–H groups in total. The minimum atomic E-state index is -0.520. The normalized spacial score (nSPS) is 17.9. The van der Waals surface area contributed by atoms with Gasteiger partial charge in [-0.1, -0.05) is 12.1 Å². The maximum atomic E-state index is 13.2. The molecule has 1 heterocycles. The molecule has 2 rings (SSSR count). The zero-order valence-electron chi connectivity index (χ0n) is 18.4. The van der Waals surface area contributed by atoms with Crippen molar-refractivity contribution in [2.75, 3.05) is 33.3 Å².